The van der Waals surface area contributed by atoms with Crippen LogP contribution in [0.3, 0.4) is 0 Å². The van der Waals surface area contributed by atoms with E-state index in [1.807, 2.05) is 0 Å². The Morgan fingerprint density at radius 2 is 2.06 bits per heavy atom. The van der Waals surface area contributed by atoms with Crippen molar-refractivity contribution in [2.24, 2.45) is 11.7 Å². The molecule has 0 radical (unpaired) electrons. The molecule has 0 spiro atoms. The van der Waals surface area contributed by atoms with Gasteiger partial charge in [-0.15, -0.1) is 0 Å². The molecule has 2 saturated heterocycles. The molecule has 0 bridgehead atoms. The molecule has 0 aromatic rings. The van der Waals surface area contributed by atoms with E-state index in [-0.39, 0.29) is 25.5 Å². The molecule has 2 fully saturated rings. The fourth-order valence-corrected chi connectivity index (χ4v) is 2.33. The van der Waals surface area contributed by atoms with Crippen LogP contribution in [-0.4, -0.2) is 64.9 Å². The number of aliphatic hydroxyl groups is 1. The first-order valence-corrected chi connectivity index (χ1v) is 5.55. The van der Waals surface area contributed by atoms with Gasteiger partial charge in [-0.25, -0.2) is 4.79 Å². The first-order chi connectivity index (χ1) is 8.00. The molecule has 0 aromatic heterocycles. The zero-order valence-corrected chi connectivity index (χ0v) is 9.28. The molecule has 2 aliphatic heterocycles. The predicted molar refractivity (Wildman–Crippen MR) is 56.0 cm³/mol. The number of aliphatic carboxylic acids is 1. The van der Waals surface area contributed by atoms with Crippen LogP contribution in [0.2, 0.25) is 0 Å². The number of carbonyl (C=O) groups is 2. The van der Waals surface area contributed by atoms with E-state index in [1.54, 1.807) is 0 Å². The topological polar surface area (TPSA) is 113 Å². The van der Waals surface area contributed by atoms with Crippen molar-refractivity contribution in [3.8, 4) is 0 Å². The fourth-order valence-electron chi connectivity index (χ4n) is 2.33. The maximum atomic E-state index is 12.1. The van der Waals surface area contributed by atoms with Gasteiger partial charge in [0.15, 0.2) is 0 Å². The summed E-state index contributed by atoms with van der Waals surface area (Å²) in [5, 5.41) is 18.4. The lowest BCUT2D eigenvalue weighted by atomic mass is 10.0. The molecule has 2 aliphatic rings. The average Bonchev–Trinajstić information content (AvgIpc) is 2.83. The molecule has 0 aliphatic carbocycles. The van der Waals surface area contributed by atoms with Crippen molar-refractivity contribution in [3.05, 3.63) is 0 Å². The third-order valence-electron chi connectivity index (χ3n) is 3.29. The number of hydrogen-bond donors (Lipinski definition) is 3. The summed E-state index contributed by atoms with van der Waals surface area (Å²) in [6.45, 7) is 0.586. The molecule has 2 unspecified atom stereocenters. The summed E-state index contributed by atoms with van der Waals surface area (Å²) in [5.74, 6) is -1.93. The average molecular weight is 244 g/mol. The number of β-amino-alcohol motifs (C(OH)–C–C–N with tert-alkyl or cyclic N) is 1. The van der Waals surface area contributed by atoms with E-state index >= 15 is 0 Å². The Bertz CT molecular complexity index is 335. The largest absolute Gasteiger partial charge is 0.480 e. The molecule has 4 N–H and O–H groups in total. The summed E-state index contributed by atoms with van der Waals surface area (Å²) in [6.07, 6.45) is -0.706. The van der Waals surface area contributed by atoms with E-state index < -0.39 is 30.1 Å². The molecule has 2 heterocycles. The molecule has 7 nitrogen and oxygen atoms in total. The van der Waals surface area contributed by atoms with Crippen LogP contribution in [0.25, 0.3) is 0 Å². The highest BCUT2D eigenvalue weighted by atomic mass is 16.5. The molecule has 7 heteroatoms. The van der Waals surface area contributed by atoms with Gasteiger partial charge in [-0.05, 0) is 0 Å². The number of nitrogens with zero attached hydrogens (tertiary/aromatic N) is 1. The highest BCUT2D eigenvalue weighted by Gasteiger charge is 2.43. The van der Waals surface area contributed by atoms with Crippen molar-refractivity contribution < 1.29 is 24.5 Å². The maximum Gasteiger partial charge on any atom is 0.326 e. The van der Waals surface area contributed by atoms with Gasteiger partial charge in [-0.2, -0.15) is 0 Å². The molecule has 0 saturated carbocycles. The minimum Gasteiger partial charge on any atom is -0.480 e. The Kier molecular flexibility index (Phi) is 3.32. The number of rotatable bonds is 2. The van der Waals surface area contributed by atoms with Gasteiger partial charge in [0.1, 0.15) is 6.04 Å². The summed E-state index contributed by atoms with van der Waals surface area (Å²) in [6, 6.07) is -1.35. The zero-order chi connectivity index (χ0) is 12.6. The van der Waals surface area contributed by atoms with Crippen LogP contribution >= 0.6 is 0 Å². The van der Waals surface area contributed by atoms with Gasteiger partial charge in [0.05, 0.1) is 25.2 Å². The number of likely N-dealkylation sites (tertiary alicyclic amines) is 1. The van der Waals surface area contributed by atoms with Crippen molar-refractivity contribution in [1.82, 2.24) is 4.90 Å². The van der Waals surface area contributed by atoms with Crippen molar-refractivity contribution in [2.45, 2.75) is 24.6 Å². The van der Waals surface area contributed by atoms with Crippen molar-refractivity contribution in [3.63, 3.8) is 0 Å². The number of hydrogen-bond acceptors (Lipinski definition) is 5. The van der Waals surface area contributed by atoms with Crippen molar-refractivity contribution in [2.75, 3.05) is 19.8 Å². The molecule has 4 atom stereocenters. The second-order valence-corrected chi connectivity index (χ2v) is 4.54. The lowest BCUT2D eigenvalue weighted by Crippen LogP contribution is -2.48. The highest BCUT2D eigenvalue weighted by Crippen LogP contribution is 2.23. The van der Waals surface area contributed by atoms with Gasteiger partial charge in [0.25, 0.3) is 0 Å². The Labute approximate surface area is 98.1 Å². The van der Waals surface area contributed by atoms with Gasteiger partial charge in [-0.1, -0.05) is 0 Å². The van der Waals surface area contributed by atoms with Crippen LogP contribution < -0.4 is 5.73 Å². The van der Waals surface area contributed by atoms with E-state index in [9.17, 15) is 14.7 Å². The Hall–Kier alpha value is -1.18. The van der Waals surface area contributed by atoms with Crippen molar-refractivity contribution >= 4 is 11.9 Å². The van der Waals surface area contributed by atoms with Crippen LogP contribution in [0.15, 0.2) is 0 Å². The van der Waals surface area contributed by atoms with Gasteiger partial charge < -0.3 is 25.6 Å². The first-order valence-electron chi connectivity index (χ1n) is 5.55. The third kappa shape index (κ3) is 2.26. The van der Waals surface area contributed by atoms with Gasteiger partial charge in [0.2, 0.25) is 5.91 Å². The number of aliphatic hydroxyl groups excluding tert-OH is 1. The zero-order valence-electron chi connectivity index (χ0n) is 9.28. The Morgan fingerprint density at radius 3 is 2.59 bits per heavy atom. The smallest absolute Gasteiger partial charge is 0.326 e. The lowest BCUT2D eigenvalue weighted by molar-refractivity contribution is -0.150. The second kappa shape index (κ2) is 4.59. The number of carboxylic acid groups (broad SMARTS) is 1. The van der Waals surface area contributed by atoms with Crippen LogP contribution in [0.5, 0.6) is 0 Å². The minimum atomic E-state index is -1.10. The molecule has 0 aromatic carbocycles. The molecule has 17 heavy (non-hydrogen) atoms. The number of carboxylic acids is 1. The predicted octanol–water partition coefficient (Wildman–Crippen LogP) is -1.99. The maximum absolute atomic E-state index is 12.1. The molecule has 1 amide bonds. The summed E-state index contributed by atoms with van der Waals surface area (Å²) in [4.78, 5) is 24.3. The second-order valence-electron chi connectivity index (χ2n) is 4.54. The number of carbonyl (C=O) groups excluding carboxylic acids is 1. The van der Waals surface area contributed by atoms with E-state index in [0.29, 0.717) is 6.61 Å². The summed E-state index contributed by atoms with van der Waals surface area (Å²) in [5.41, 5.74) is 5.72. The molecular weight excluding hydrogens is 228 g/mol. The van der Waals surface area contributed by atoms with E-state index in [4.69, 9.17) is 15.6 Å². The van der Waals surface area contributed by atoms with Crippen LogP contribution in [-0.2, 0) is 14.3 Å². The van der Waals surface area contributed by atoms with E-state index in [1.165, 1.54) is 4.90 Å². The van der Waals surface area contributed by atoms with E-state index in [0.717, 1.165) is 0 Å². The van der Waals surface area contributed by atoms with E-state index in [2.05, 4.69) is 0 Å². The van der Waals surface area contributed by atoms with Crippen LogP contribution in [0.1, 0.15) is 6.42 Å². The summed E-state index contributed by atoms with van der Waals surface area (Å²) >= 11 is 0. The monoisotopic (exact) mass is 244 g/mol. The quantitative estimate of drug-likeness (QED) is 0.518. The minimum absolute atomic E-state index is 0.0546. The Morgan fingerprint density at radius 1 is 1.35 bits per heavy atom. The number of ether oxygens (including phenoxy) is 1. The SMILES string of the molecule is NC1COCC1C(=O)N1C[C@H](O)C[C@H]1C(=O)O. The fraction of sp³-hybridized carbons (Fsp3) is 0.800. The highest BCUT2D eigenvalue weighted by molar-refractivity contribution is 5.86. The van der Waals surface area contributed by atoms with Gasteiger partial charge >= 0.3 is 5.97 Å². The summed E-state index contributed by atoms with van der Waals surface area (Å²) in [7, 11) is 0. The standard InChI is InChI=1S/C10H16N2O5/c11-7-4-17-3-6(7)9(14)12-2-5(13)1-8(12)10(15)16/h5-8,13H,1-4,11H2,(H,15,16)/t5-,6?,7?,8+/m1/s1. The van der Waals surface area contributed by atoms with Crippen LogP contribution in [0.4, 0.5) is 0 Å². The van der Waals surface area contributed by atoms with Crippen LogP contribution in [0, 0.1) is 5.92 Å². The first kappa shape index (κ1) is 12.3. The number of nitrogens with two attached hydrogens (primary N) is 1. The molecular formula is C10H16N2O5. The molecule has 96 valence electrons. The normalized spacial score (nSPS) is 37.4. The third-order valence-corrected chi connectivity index (χ3v) is 3.29. The molecule has 2 rings (SSSR count). The van der Waals surface area contributed by atoms with Gasteiger partial charge in [-0.3, -0.25) is 4.79 Å². The van der Waals surface area contributed by atoms with Crippen molar-refractivity contribution in [1.29, 1.82) is 0 Å². The lowest BCUT2D eigenvalue weighted by Gasteiger charge is -2.25. The number of amides is 1. The Balaban J connectivity index is 2.10. The summed E-state index contributed by atoms with van der Waals surface area (Å²) < 4.78 is 5.09. The van der Waals surface area contributed by atoms with Gasteiger partial charge in [0, 0.05) is 19.0 Å².